The molecule has 1 atom stereocenters. The number of nitrogens with zero attached hydrogens (tertiary/aromatic N) is 3. The van der Waals surface area contributed by atoms with Crippen LogP contribution in [0.5, 0.6) is 11.5 Å². The Morgan fingerprint density at radius 1 is 1.03 bits per heavy atom. The van der Waals surface area contributed by atoms with Crippen molar-refractivity contribution in [2.75, 3.05) is 29.6 Å². The predicted molar refractivity (Wildman–Crippen MR) is 138 cm³/mol. The number of ketones is 1. The topological polar surface area (TPSA) is 89.0 Å². The van der Waals surface area contributed by atoms with Crippen LogP contribution in [0.3, 0.4) is 0 Å². The number of amides is 2. The number of aryl methyl sites for hydroxylation is 1. The highest BCUT2D eigenvalue weighted by Crippen LogP contribution is 2.39. The number of fused-ring (bicyclic) bond motifs is 2. The maximum absolute atomic E-state index is 13.6. The van der Waals surface area contributed by atoms with E-state index in [4.69, 9.17) is 14.5 Å². The number of benzene rings is 2. The minimum atomic E-state index is -0.783. The third-order valence-corrected chi connectivity index (χ3v) is 7.33. The molecule has 0 saturated carbocycles. The summed E-state index contributed by atoms with van der Waals surface area (Å²) >= 11 is 1.61. The SMILES string of the molecule is CCCc1nc(-c2ccc3c(c2)N(C(C)C(=O)c2ccc4c(c2)N(CC)C(=O)CO4)C(=O)CO3)cs1. The molecule has 2 aliphatic rings. The van der Waals surface area contributed by atoms with Gasteiger partial charge in [0, 0.05) is 23.1 Å². The molecule has 0 aliphatic carbocycles. The summed E-state index contributed by atoms with van der Waals surface area (Å²) < 4.78 is 11.2. The molecule has 8 nitrogen and oxygen atoms in total. The second-order valence-corrected chi connectivity index (χ2v) is 9.70. The van der Waals surface area contributed by atoms with Crippen molar-refractivity contribution in [2.45, 2.75) is 39.7 Å². The first-order valence-corrected chi connectivity index (χ1v) is 12.9. The smallest absolute Gasteiger partial charge is 0.265 e. The molecule has 0 N–H and O–H groups in total. The summed E-state index contributed by atoms with van der Waals surface area (Å²) in [6.07, 6.45) is 1.94. The van der Waals surface area contributed by atoms with Gasteiger partial charge < -0.3 is 14.4 Å². The standard InChI is InChI=1S/C27H27N3O5S/c1-4-6-24-28-19(15-36-24)17-7-9-23-21(11-17)30(26(32)14-35-23)16(3)27(33)18-8-10-22-20(12-18)29(5-2)25(31)13-34-22/h7-12,15-16H,4-6,13-14H2,1-3H3. The van der Waals surface area contributed by atoms with Crippen LogP contribution >= 0.6 is 11.3 Å². The van der Waals surface area contributed by atoms with Gasteiger partial charge in [0.15, 0.2) is 19.0 Å². The maximum Gasteiger partial charge on any atom is 0.265 e. The van der Waals surface area contributed by atoms with Gasteiger partial charge in [0.25, 0.3) is 11.8 Å². The van der Waals surface area contributed by atoms with Crippen molar-refractivity contribution >= 4 is 40.3 Å². The van der Waals surface area contributed by atoms with Crippen molar-refractivity contribution in [1.82, 2.24) is 4.98 Å². The normalized spacial score (nSPS) is 15.6. The lowest BCUT2D eigenvalue weighted by Crippen LogP contribution is -2.48. The highest BCUT2D eigenvalue weighted by atomic mass is 32.1. The van der Waals surface area contributed by atoms with Crippen molar-refractivity contribution in [3.05, 3.63) is 52.3 Å². The van der Waals surface area contributed by atoms with E-state index in [1.807, 2.05) is 30.5 Å². The van der Waals surface area contributed by atoms with Gasteiger partial charge >= 0.3 is 0 Å². The summed E-state index contributed by atoms with van der Waals surface area (Å²) in [5.74, 6) is 0.415. The average molecular weight is 506 g/mol. The monoisotopic (exact) mass is 505 g/mol. The number of hydrogen-bond donors (Lipinski definition) is 0. The van der Waals surface area contributed by atoms with E-state index >= 15 is 0 Å². The Labute approximate surface area is 213 Å². The summed E-state index contributed by atoms with van der Waals surface area (Å²) in [7, 11) is 0. The average Bonchev–Trinajstić information content (AvgIpc) is 3.36. The molecule has 2 aliphatic heterocycles. The molecule has 0 spiro atoms. The lowest BCUT2D eigenvalue weighted by Gasteiger charge is -2.34. The van der Waals surface area contributed by atoms with E-state index in [9.17, 15) is 14.4 Å². The van der Waals surface area contributed by atoms with Gasteiger partial charge in [0.05, 0.1) is 28.1 Å². The van der Waals surface area contributed by atoms with Crippen LogP contribution in [0.15, 0.2) is 41.8 Å². The van der Waals surface area contributed by atoms with Crippen LogP contribution < -0.4 is 19.3 Å². The van der Waals surface area contributed by atoms with Gasteiger partial charge in [-0.2, -0.15) is 0 Å². The molecule has 186 valence electrons. The molecular weight excluding hydrogens is 478 g/mol. The molecule has 2 aromatic carbocycles. The summed E-state index contributed by atoms with van der Waals surface area (Å²) in [4.78, 5) is 46.7. The Bertz CT molecular complexity index is 1350. The Morgan fingerprint density at radius 3 is 2.50 bits per heavy atom. The van der Waals surface area contributed by atoms with E-state index in [1.54, 1.807) is 41.4 Å². The Balaban J connectivity index is 1.48. The summed E-state index contributed by atoms with van der Waals surface area (Å²) in [6, 6.07) is 9.86. The van der Waals surface area contributed by atoms with Crippen LogP contribution in [0.2, 0.25) is 0 Å². The highest BCUT2D eigenvalue weighted by Gasteiger charge is 2.35. The van der Waals surface area contributed by atoms with Gasteiger partial charge in [-0.05, 0) is 63.1 Å². The maximum atomic E-state index is 13.6. The zero-order chi connectivity index (χ0) is 25.4. The number of likely N-dealkylation sites (N-methyl/N-ethyl adjacent to an activating group) is 1. The largest absolute Gasteiger partial charge is 0.482 e. The summed E-state index contributed by atoms with van der Waals surface area (Å²) in [5, 5.41) is 3.07. The van der Waals surface area contributed by atoms with Gasteiger partial charge in [0.2, 0.25) is 0 Å². The fraction of sp³-hybridized carbons (Fsp3) is 0.333. The van der Waals surface area contributed by atoms with Crippen molar-refractivity contribution in [3.8, 4) is 22.8 Å². The fourth-order valence-electron chi connectivity index (χ4n) is 4.59. The number of hydrogen-bond acceptors (Lipinski definition) is 7. The van der Waals surface area contributed by atoms with Crippen LogP contribution in [-0.4, -0.2) is 48.4 Å². The zero-order valence-corrected chi connectivity index (χ0v) is 21.3. The second-order valence-electron chi connectivity index (χ2n) is 8.76. The number of carbonyl (C=O) groups is 3. The van der Waals surface area contributed by atoms with Crippen LogP contribution in [0.25, 0.3) is 11.3 Å². The van der Waals surface area contributed by atoms with E-state index in [0.717, 1.165) is 29.1 Å². The Kier molecular flexibility index (Phi) is 6.49. The predicted octanol–water partition coefficient (Wildman–Crippen LogP) is 4.50. The molecule has 5 rings (SSSR count). The zero-order valence-electron chi connectivity index (χ0n) is 20.4. The van der Waals surface area contributed by atoms with E-state index < -0.39 is 6.04 Å². The van der Waals surface area contributed by atoms with Crippen molar-refractivity contribution in [2.24, 2.45) is 0 Å². The first-order valence-electron chi connectivity index (χ1n) is 12.1. The van der Waals surface area contributed by atoms with E-state index in [2.05, 4.69) is 6.92 Å². The molecule has 0 fully saturated rings. The number of rotatable bonds is 7. The second kappa shape index (κ2) is 9.73. The highest BCUT2D eigenvalue weighted by molar-refractivity contribution is 7.09. The third-order valence-electron chi connectivity index (χ3n) is 6.42. The molecule has 3 aromatic rings. The lowest BCUT2D eigenvalue weighted by molar-refractivity contribution is -0.122. The van der Waals surface area contributed by atoms with Crippen molar-refractivity contribution in [3.63, 3.8) is 0 Å². The number of ether oxygens (including phenoxy) is 2. The molecule has 0 bridgehead atoms. The first-order chi connectivity index (χ1) is 17.4. The van der Waals surface area contributed by atoms with E-state index in [-0.39, 0.29) is 30.8 Å². The van der Waals surface area contributed by atoms with Crippen LogP contribution in [0.1, 0.15) is 42.6 Å². The number of anilines is 2. The molecule has 0 radical (unpaired) electrons. The molecule has 3 heterocycles. The first kappa shape index (κ1) is 24.0. The molecule has 36 heavy (non-hydrogen) atoms. The molecular formula is C27H27N3O5S. The van der Waals surface area contributed by atoms with Crippen LogP contribution in [0.4, 0.5) is 11.4 Å². The minimum Gasteiger partial charge on any atom is -0.482 e. The van der Waals surface area contributed by atoms with E-state index in [1.165, 1.54) is 4.90 Å². The third kappa shape index (κ3) is 4.24. The quantitative estimate of drug-likeness (QED) is 0.439. The minimum absolute atomic E-state index is 0.0230. The van der Waals surface area contributed by atoms with Gasteiger partial charge in [0.1, 0.15) is 11.5 Å². The van der Waals surface area contributed by atoms with Gasteiger partial charge in [-0.15, -0.1) is 11.3 Å². The summed E-state index contributed by atoms with van der Waals surface area (Å²) in [6.45, 7) is 6.01. The molecule has 1 aromatic heterocycles. The Hall–Kier alpha value is -3.72. The van der Waals surface area contributed by atoms with E-state index in [0.29, 0.717) is 35.0 Å². The Morgan fingerprint density at radius 2 is 1.75 bits per heavy atom. The van der Waals surface area contributed by atoms with Gasteiger partial charge in [-0.1, -0.05) is 6.92 Å². The number of thiazole rings is 1. The van der Waals surface area contributed by atoms with Crippen molar-refractivity contribution < 1.29 is 23.9 Å². The molecule has 9 heteroatoms. The lowest BCUT2D eigenvalue weighted by atomic mass is 10.0. The number of aromatic nitrogens is 1. The van der Waals surface area contributed by atoms with Crippen LogP contribution in [0, 0.1) is 0 Å². The molecule has 2 amide bonds. The molecule has 1 unspecified atom stereocenters. The van der Waals surface area contributed by atoms with Crippen LogP contribution in [-0.2, 0) is 16.0 Å². The van der Waals surface area contributed by atoms with Crippen molar-refractivity contribution in [1.29, 1.82) is 0 Å². The van der Waals surface area contributed by atoms with Gasteiger partial charge in [-0.25, -0.2) is 4.98 Å². The number of carbonyl (C=O) groups excluding carboxylic acids is 3. The molecule has 0 saturated heterocycles. The van der Waals surface area contributed by atoms with Gasteiger partial charge in [-0.3, -0.25) is 19.3 Å². The fourth-order valence-corrected chi connectivity index (χ4v) is 5.50. The summed E-state index contributed by atoms with van der Waals surface area (Å²) in [5.41, 5.74) is 3.20. The number of Topliss-reactive ketones (excluding diaryl/α,β-unsaturated/α-hetero) is 1.